The summed E-state index contributed by atoms with van der Waals surface area (Å²) in [6, 6.07) is 5.07. The van der Waals surface area contributed by atoms with E-state index in [-0.39, 0.29) is 11.9 Å². The fourth-order valence-electron chi connectivity index (χ4n) is 1.86. The van der Waals surface area contributed by atoms with Crippen LogP contribution in [0.25, 0.3) is 0 Å². The molecule has 0 aliphatic carbocycles. The Bertz CT molecular complexity index is 573. The molecule has 20 heavy (non-hydrogen) atoms. The summed E-state index contributed by atoms with van der Waals surface area (Å²) < 4.78 is 20.5. The van der Waals surface area contributed by atoms with E-state index in [1.807, 2.05) is 17.8 Å². The van der Waals surface area contributed by atoms with Gasteiger partial charge in [0.2, 0.25) is 0 Å². The summed E-state index contributed by atoms with van der Waals surface area (Å²) in [4.78, 5) is 0. The molecular weight excluding hydrogens is 325 g/mol. The highest BCUT2D eigenvalue weighted by Crippen LogP contribution is 2.23. The Hall–Kier alpha value is -1.40. The monoisotopic (exact) mass is 341 g/mol. The van der Waals surface area contributed by atoms with Crippen LogP contribution in [0, 0.1) is 5.82 Å². The third kappa shape index (κ3) is 3.80. The number of hydrogen-bond acceptors (Lipinski definition) is 3. The van der Waals surface area contributed by atoms with Crippen molar-refractivity contribution in [3.63, 3.8) is 0 Å². The predicted molar refractivity (Wildman–Crippen MR) is 80.2 cm³/mol. The van der Waals surface area contributed by atoms with Crippen molar-refractivity contribution in [2.75, 3.05) is 19.0 Å². The van der Waals surface area contributed by atoms with Gasteiger partial charge in [-0.05, 0) is 40.5 Å². The van der Waals surface area contributed by atoms with Crippen molar-refractivity contribution in [1.82, 2.24) is 9.78 Å². The smallest absolute Gasteiger partial charge is 0.137 e. The zero-order valence-corrected chi connectivity index (χ0v) is 13.0. The van der Waals surface area contributed by atoms with Crippen LogP contribution in [0.1, 0.15) is 18.5 Å². The highest BCUT2D eigenvalue weighted by molar-refractivity contribution is 9.10. The van der Waals surface area contributed by atoms with Gasteiger partial charge >= 0.3 is 0 Å². The largest absolute Gasteiger partial charge is 0.383 e. The molecule has 1 aromatic heterocycles. The van der Waals surface area contributed by atoms with Crippen molar-refractivity contribution in [3.8, 4) is 0 Å². The Morgan fingerprint density at radius 3 is 3.00 bits per heavy atom. The van der Waals surface area contributed by atoms with E-state index in [1.54, 1.807) is 25.4 Å². The van der Waals surface area contributed by atoms with Crippen LogP contribution < -0.4 is 5.32 Å². The summed E-state index contributed by atoms with van der Waals surface area (Å²) in [6.45, 7) is 3.36. The maximum absolute atomic E-state index is 13.2. The summed E-state index contributed by atoms with van der Waals surface area (Å²) >= 11 is 3.20. The second-order valence-electron chi connectivity index (χ2n) is 4.52. The highest BCUT2D eigenvalue weighted by Gasteiger charge is 2.09. The van der Waals surface area contributed by atoms with Crippen LogP contribution >= 0.6 is 15.9 Å². The van der Waals surface area contributed by atoms with Crippen LogP contribution in [0.15, 0.2) is 35.1 Å². The fraction of sp³-hybridized carbons (Fsp3) is 0.357. The highest BCUT2D eigenvalue weighted by atomic mass is 79.9. The number of benzene rings is 1. The van der Waals surface area contributed by atoms with Gasteiger partial charge in [-0.1, -0.05) is 6.07 Å². The molecule has 0 bridgehead atoms. The SMILES string of the molecule is COCCn1cc(NC(C)c2ccc(F)c(Br)c2)cn1. The molecule has 108 valence electrons. The van der Waals surface area contributed by atoms with E-state index in [0.29, 0.717) is 17.6 Å². The van der Waals surface area contributed by atoms with E-state index in [4.69, 9.17) is 4.74 Å². The number of nitrogens with zero attached hydrogens (tertiary/aromatic N) is 2. The number of methoxy groups -OCH3 is 1. The van der Waals surface area contributed by atoms with Gasteiger partial charge in [-0.15, -0.1) is 0 Å². The first-order valence-corrected chi connectivity index (χ1v) is 7.12. The number of aromatic nitrogens is 2. The van der Waals surface area contributed by atoms with Gasteiger partial charge in [0.1, 0.15) is 5.82 Å². The van der Waals surface area contributed by atoms with E-state index in [9.17, 15) is 4.39 Å². The van der Waals surface area contributed by atoms with Gasteiger partial charge < -0.3 is 10.1 Å². The maximum atomic E-state index is 13.2. The van der Waals surface area contributed by atoms with Gasteiger partial charge in [0.15, 0.2) is 0 Å². The van der Waals surface area contributed by atoms with Crippen LogP contribution in [0.5, 0.6) is 0 Å². The van der Waals surface area contributed by atoms with Gasteiger partial charge in [0.05, 0.1) is 29.5 Å². The molecule has 2 rings (SSSR count). The quantitative estimate of drug-likeness (QED) is 0.872. The summed E-state index contributed by atoms with van der Waals surface area (Å²) in [5.74, 6) is -0.256. The lowest BCUT2D eigenvalue weighted by molar-refractivity contribution is 0.183. The molecule has 4 nitrogen and oxygen atoms in total. The van der Waals surface area contributed by atoms with Crippen molar-refractivity contribution in [2.45, 2.75) is 19.5 Å². The molecule has 1 atom stereocenters. The summed E-state index contributed by atoms with van der Waals surface area (Å²) in [5, 5.41) is 7.57. The van der Waals surface area contributed by atoms with Crippen LogP contribution in [0.2, 0.25) is 0 Å². The number of halogens is 2. The maximum Gasteiger partial charge on any atom is 0.137 e. The number of rotatable bonds is 6. The van der Waals surface area contributed by atoms with Gasteiger partial charge in [-0.2, -0.15) is 5.10 Å². The van der Waals surface area contributed by atoms with Crippen LogP contribution in [-0.4, -0.2) is 23.5 Å². The first kappa shape index (κ1) is 15.0. The lowest BCUT2D eigenvalue weighted by atomic mass is 10.1. The number of ether oxygens (including phenoxy) is 1. The first-order chi connectivity index (χ1) is 9.60. The Kier molecular flexibility index (Phi) is 5.14. The van der Waals surface area contributed by atoms with E-state index in [2.05, 4.69) is 26.3 Å². The number of hydrogen-bond donors (Lipinski definition) is 1. The molecule has 1 N–H and O–H groups in total. The molecule has 0 fully saturated rings. The molecule has 1 heterocycles. The normalized spacial score (nSPS) is 12.4. The lowest BCUT2D eigenvalue weighted by Gasteiger charge is -2.14. The Morgan fingerprint density at radius 1 is 1.50 bits per heavy atom. The third-order valence-electron chi connectivity index (χ3n) is 2.98. The minimum absolute atomic E-state index is 0.0620. The molecule has 0 saturated carbocycles. The van der Waals surface area contributed by atoms with Gasteiger partial charge in [-0.25, -0.2) is 4.39 Å². The molecule has 1 aromatic carbocycles. The second kappa shape index (κ2) is 6.85. The molecular formula is C14H17BrFN3O. The van der Waals surface area contributed by atoms with Crippen molar-refractivity contribution in [2.24, 2.45) is 0 Å². The minimum atomic E-state index is -0.256. The summed E-state index contributed by atoms with van der Waals surface area (Å²) in [5.41, 5.74) is 1.93. The molecule has 6 heteroatoms. The number of nitrogens with one attached hydrogen (secondary N) is 1. The zero-order valence-electron chi connectivity index (χ0n) is 11.4. The summed E-state index contributed by atoms with van der Waals surface area (Å²) in [7, 11) is 1.66. The van der Waals surface area contributed by atoms with E-state index in [1.165, 1.54) is 6.07 Å². The van der Waals surface area contributed by atoms with Gasteiger partial charge in [0, 0.05) is 19.3 Å². The molecule has 0 aliphatic heterocycles. The van der Waals surface area contributed by atoms with Crippen molar-refractivity contribution >= 4 is 21.6 Å². The van der Waals surface area contributed by atoms with Crippen LogP contribution in [0.3, 0.4) is 0 Å². The third-order valence-corrected chi connectivity index (χ3v) is 3.59. The molecule has 0 saturated heterocycles. The van der Waals surface area contributed by atoms with Crippen molar-refractivity contribution in [3.05, 3.63) is 46.4 Å². The topological polar surface area (TPSA) is 39.1 Å². The zero-order chi connectivity index (χ0) is 14.5. The Morgan fingerprint density at radius 2 is 2.30 bits per heavy atom. The standard InChI is InChI=1S/C14H17BrFN3O/c1-10(11-3-4-14(16)13(15)7-11)18-12-8-17-19(9-12)5-6-20-2/h3-4,7-10,18H,5-6H2,1-2H3. The number of anilines is 1. The van der Waals surface area contributed by atoms with Gasteiger partial charge in [0.25, 0.3) is 0 Å². The van der Waals surface area contributed by atoms with E-state index < -0.39 is 0 Å². The molecule has 0 aliphatic rings. The average Bonchev–Trinajstić information content (AvgIpc) is 2.87. The van der Waals surface area contributed by atoms with Crippen molar-refractivity contribution in [1.29, 1.82) is 0 Å². The molecule has 2 aromatic rings. The molecule has 0 radical (unpaired) electrons. The molecule has 0 amide bonds. The fourth-order valence-corrected chi connectivity index (χ4v) is 2.26. The van der Waals surface area contributed by atoms with E-state index >= 15 is 0 Å². The average molecular weight is 342 g/mol. The Balaban J connectivity index is 2.01. The van der Waals surface area contributed by atoms with Gasteiger partial charge in [-0.3, -0.25) is 4.68 Å². The van der Waals surface area contributed by atoms with E-state index in [0.717, 1.165) is 11.3 Å². The van der Waals surface area contributed by atoms with Crippen LogP contribution in [0.4, 0.5) is 10.1 Å². The lowest BCUT2D eigenvalue weighted by Crippen LogP contribution is -2.07. The Labute approximate surface area is 126 Å². The van der Waals surface area contributed by atoms with Crippen LogP contribution in [-0.2, 0) is 11.3 Å². The van der Waals surface area contributed by atoms with Crippen molar-refractivity contribution < 1.29 is 9.13 Å². The predicted octanol–water partition coefficient (Wildman–Crippen LogP) is 3.60. The molecule has 0 spiro atoms. The summed E-state index contributed by atoms with van der Waals surface area (Å²) in [6.07, 6.45) is 3.69. The minimum Gasteiger partial charge on any atom is -0.383 e. The first-order valence-electron chi connectivity index (χ1n) is 6.33. The second-order valence-corrected chi connectivity index (χ2v) is 5.38. The molecule has 1 unspecified atom stereocenters.